The van der Waals surface area contributed by atoms with E-state index in [1.807, 2.05) is 0 Å². The monoisotopic (exact) mass is 466 g/mol. The summed E-state index contributed by atoms with van der Waals surface area (Å²) in [5.41, 5.74) is 0. The van der Waals surface area contributed by atoms with Crippen LogP contribution in [-0.2, 0) is 13.4 Å². The third kappa shape index (κ3) is 8.60. The van der Waals surface area contributed by atoms with E-state index < -0.39 is 32.9 Å². The Labute approximate surface area is 181 Å². The minimum absolute atomic E-state index is 0.645. The highest BCUT2D eigenvalue weighted by atomic mass is 31.1. The van der Waals surface area contributed by atoms with E-state index in [-0.39, 0.29) is 0 Å². The minimum atomic E-state index is -1.58. The Morgan fingerprint density at radius 3 is 1.07 bits per heavy atom. The summed E-state index contributed by atoms with van der Waals surface area (Å²) in [6, 6.07) is 11.2. The van der Waals surface area contributed by atoms with E-state index in [1.54, 1.807) is 0 Å². The van der Waals surface area contributed by atoms with Crippen LogP contribution in [0.1, 0.15) is 62.3 Å². The van der Waals surface area contributed by atoms with Crippen LogP contribution in [0.2, 0.25) is 54.4 Å². The normalized spacial score (nSPS) is 13.5. The number of hydrogen-bond acceptors (Lipinski definition) is 3. The molecule has 0 radical (unpaired) electrons. The Morgan fingerprint density at radius 2 is 0.821 bits per heavy atom. The largest absolute Gasteiger partial charge is 0.410 e. The maximum Gasteiger partial charge on any atom is 0.192 e. The van der Waals surface area contributed by atoms with Crippen molar-refractivity contribution in [1.29, 1.82) is 0 Å². The summed E-state index contributed by atoms with van der Waals surface area (Å²) in [4.78, 5) is 0. The van der Waals surface area contributed by atoms with Crippen molar-refractivity contribution < 1.29 is 13.4 Å². The van der Waals surface area contributed by atoms with Crippen LogP contribution in [-0.4, -0.2) is 43.6 Å². The first-order chi connectivity index (χ1) is 13.3. The van der Waals surface area contributed by atoms with Gasteiger partial charge in [0, 0.05) is 6.23 Å². The average molecular weight is 467 g/mol. The van der Waals surface area contributed by atoms with Crippen LogP contribution in [0, 0.1) is 0 Å². The lowest BCUT2D eigenvalue weighted by Crippen LogP contribution is -2.39. The molecule has 0 rings (SSSR count). The molecular formula is C21H51O3PSi3. The number of rotatable bonds is 18. The fourth-order valence-corrected chi connectivity index (χ4v) is 15.7. The van der Waals surface area contributed by atoms with E-state index in [2.05, 4.69) is 62.3 Å². The summed E-state index contributed by atoms with van der Waals surface area (Å²) in [6.45, 7) is 21.0. The van der Waals surface area contributed by atoms with Gasteiger partial charge in [0.2, 0.25) is 0 Å². The summed E-state index contributed by atoms with van der Waals surface area (Å²) in [5, 5.41) is 0. The van der Waals surface area contributed by atoms with Crippen molar-refractivity contribution >= 4 is 32.9 Å². The molecule has 0 saturated carbocycles. The van der Waals surface area contributed by atoms with Gasteiger partial charge in [-0.15, -0.1) is 0 Å². The summed E-state index contributed by atoms with van der Waals surface area (Å²) < 4.78 is 20.0. The quantitative estimate of drug-likeness (QED) is 0.150. The Balaban J connectivity index is 5.19. The molecule has 0 heterocycles. The van der Waals surface area contributed by atoms with E-state index in [0.717, 1.165) is 18.9 Å². The first-order valence-electron chi connectivity index (χ1n) is 12.0. The summed E-state index contributed by atoms with van der Waals surface area (Å²) in [6.07, 6.45) is 2.58. The smallest absolute Gasteiger partial charge is 0.192 e. The van der Waals surface area contributed by atoms with Crippen molar-refractivity contribution in [3.8, 4) is 0 Å². The van der Waals surface area contributed by atoms with Crippen molar-refractivity contribution in [2.75, 3.05) is 18.9 Å². The van der Waals surface area contributed by atoms with Crippen LogP contribution < -0.4 is 0 Å². The lowest BCUT2D eigenvalue weighted by Gasteiger charge is -2.35. The molecule has 0 spiro atoms. The summed E-state index contributed by atoms with van der Waals surface area (Å²) >= 11 is 0. The van der Waals surface area contributed by atoms with E-state index in [1.165, 1.54) is 54.4 Å². The highest BCUT2D eigenvalue weighted by Gasteiger charge is 2.34. The summed E-state index contributed by atoms with van der Waals surface area (Å²) in [7, 11) is -5.07. The second-order valence-corrected chi connectivity index (χ2v) is 25.1. The molecule has 170 valence electrons. The lowest BCUT2D eigenvalue weighted by atomic mass is 10.9. The van der Waals surface area contributed by atoms with Gasteiger partial charge in [0.15, 0.2) is 16.6 Å². The van der Waals surface area contributed by atoms with Gasteiger partial charge in [-0.05, 0) is 36.3 Å². The molecule has 0 amide bonds. The second kappa shape index (κ2) is 14.9. The maximum atomic E-state index is 6.67. The first-order valence-corrected chi connectivity index (χ1v) is 21.5. The third-order valence-corrected chi connectivity index (χ3v) is 24.3. The molecular weight excluding hydrogens is 415 g/mol. The predicted molar refractivity (Wildman–Crippen MR) is 136 cm³/mol. The van der Waals surface area contributed by atoms with Gasteiger partial charge in [-0.3, -0.25) is 0 Å². The number of hydrogen-bond donors (Lipinski definition) is 0. The van der Waals surface area contributed by atoms with E-state index in [9.17, 15) is 0 Å². The highest BCUT2D eigenvalue weighted by Crippen LogP contribution is 2.42. The Hall–Kier alpha value is 0.961. The molecule has 0 atom stereocenters. The molecule has 28 heavy (non-hydrogen) atoms. The zero-order valence-electron chi connectivity index (χ0n) is 20.7. The molecule has 0 aliphatic heterocycles. The molecule has 0 aliphatic rings. The molecule has 0 aromatic rings. The molecule has 0 aromatic carbocycles. The van der Waals surface area contributed by atoms with Crippen molar-refractivity contribution in [3.05, 3.63) is 0 Å². The lowest BCUT2D eigenvalue weighted by molar-refractivity contribution is 0.301. The van der Waals surface area contributed by atoms with Crippen molar-refractivity contribution in [2.45, 2.75) is 117 Å². The zero-order valence-corrected chi connectivity index (χ0v) is 24.6. The van der Waals surface area contributed by atoms with E-state index in [0.29, 0.717) is 0 Å². The maximum absolute atomic E-state index is 6.67. The van der Waals surface area contributed by atoms with Gasteiger partial charge in [-0.1, -0.05) is 80.4 Å². The third-order valence-electron chi connectivity index (χ3n) is 7.70. The topological polar surface area (TPSA) is 27.7 Å². The highest BCUT2D eigenvalue weighted by molar-refractivity contribution is 7.52. The van der Waals surface area contributed by atoms with Crippen molar-refractivity contribution in [3.63, 3.8) is 0 Å². The first kappa shape index (κ1) is 29.0. The van der Waals surface area contributed by atoms with Crippen LogP contribution in [0.4, 0.5) is 0 Å². The fraction of sp³-hybridized carbons (Fsp3) is 1.00. The van der Waals surface area contributed by atoms with Gasteiger partial charge in [-0.25, -0.2) is 0 Å². The van der Waals surface area contributed by atoms with Gasteiger partial charge in [0.05, 0.1) is 28.9 Å². The van der Waals surface area contributed by atoms with Gasteiger partial charge in [0.1, 0.15) is 0 Å². The summed E-state index contributed by atoms with van der Waals surface area (Å²) in [5.74, 6) is 0. The fourth-order valence-electron chi connectivity index (χ4n) is 3.93. The average Bonchev–Trinajstić information content (AvgIpc) is 2.76. The standard InChI is InChI=1S/C21H51O3PSi3/c1-10-26(11-2,12-3)21-22-25(19-23-27(13-4,14-5)15-6)20-24-28(16-7,17-8)18-9/h10-21H2,1-9H3. The van der Waals surface area contributed by atoms with Gasteiger partial charge in [0.25, 0.3) is 0 Å². The molecule has 0 fully saturated rings. The molecule has 0 saturated heterocycles. The van der Waals surface area contributed by atoms with Crippen LogP contribution in [0.25, 0.3) is 0 Å². The van der Waals surface area contributed by atoms with Gasteiger partial charge >= 0.3 is 0 Å². The molecule has 3 nitrogen and oxygen atoms in total. The van der Waals surface area contributed by atoms with Crippen LogP contribution in [0.3, 0.4) is 0 Å². The van der Waals surface area contributed by atoms with E-state index in [4.69, 9.17) is 13.4 Å². The van der Waals surface area contributed by atoms with Crippen molar-refractivity contribution in [2.24, 2.45) is 0 Å². The van der Waals surface area contributed by atoms with Gasteiger partial charge in [-0.2, -0.15) is 0 Å². The molecule has 0 aliphatic carbocycles. The van der Waals surface area contributed by atoms with E-state index >= 15 is 0 Å². The predicted octanol–water partition coefficient (Wildman–Crippen LogP) is 8.41. The molecule has 0 bridgehead atoms. The molecule has 0 N–H and O–H groups in total. The Bertz CT molecular complexity index is 305. The van der Waals surface area contributed by atoms with Crippen LogP contribution >= 0.6 is 8.15 Å². The SMILES string of the molecule is CC[Si](CC)(CC)COP(CO[Si](CC)(CC)CC)CO[Si](CC)(CC)CC. The zero-order chi connectivity index (χ0) is 21.7. The van der Waals surface area contributed by atoms with Gasteiger partial charge < -0.3 is 13.4 Å². The van der Waals surface area contributed by atoms with Crippen LogP contribution in [0.5, 0.6) is 0 Å². The minimum Gasteiger partial charge on any atom is -0.410 e. The Morgan fingerprint density at radius 1 is 0.500 bits per heavy atom. The molecule has 0 unspecified atom stereocenters. The molecule has 7 heteroatoms. The van der Waals surface area contributed by atoms with Crippen LogP contribution in [0.15, 0.2) is 0 Å². The molecule has 0 aromatic heterocycles. The van der Waals surface area contributed by atoms with Crippen molar-refractivity contribution in [1.82, 2.24) is 0 Å². The second-order valence-electron chi connectivity index (χ2n) is 8.35. The Kier molecular flexibility index (Phi) is 15.4.